The molecule has 2 fully saturated rings. The van der Waals surface area contributed by atoms with Crippen LogP contribution in [0.4, 0.5) is 4.39 Å². The number of aromatic nitrogens is 1. The summed E-state index contributed by atoms with van der Waals surface area (Å²) in [6, 6.07) is 4.97. The van der Waals surface area contributed by atoms with E-state index in [1.54, 1.807) is 6.07 Å². The van der Waals surface area contributed by atoms with E-state index in [0.717, 1.165) is 66.5 Å². The van der Waals surface area contributed by atoms with Gasteiger partial charge in [0.15, 0.2) is 5.78 Å². The smallest absolute Gasteiger partial charge is 0.191 e. The van der Waals surface area contributed by atoms with Crippen LogP contribution in [-0.2, 0) is 0 Å². The van der Waals surface area contributed by atoms with Gasteiger partial charge in [-0.25, -0.2) is 9.37 Å². The summed E-state index contributed by atoms with van der Waals surface area (Å²) in [6.07, 6.45) is 8.02. The van der Waals surface area contributed by atoms with Crippen molar-refractivity contribution >= 4 is 17.1 Å². The van der Waals surface area contributed by atoms with Crippen LogP contribution < -0.4 is 10.6 Å². The van der Waals surface area contributed by atoms with Crippen LogP contribution in [0.3, 0.4) is 0 Å². The molecule has 162 valence electrons. The molecular weight excluding hydrogens is 397 g/mol. The molecule has 1 saturated carbocycles. The number of rotatable bonds is 9. The second kappa shape index (κ2) is 9.67. The lowest BCUT2D eigenvalue weighted by Crippen LogP contribution is -2.47. The molecule has 1 aliphatic carbocycles. The summed E-state index contributed by atoms with van der Waals surface area (Å²) in [5, 5.41) is 7.79. The molecular formula is C24H32FN3OS. The number of hydrogen-bond donors (Lipinski definition) is 2. The van der Waals surface area contributed by atoms with Gasteiger partial charge in [-0.15, -0.1) is 11.3 Å². The Hall–Kier alpha value is -1.63. The molecule has 1 unspecified atom stereocenters. The lowest BCUT2D eigenvalue weighted by Gasteiger charge is -2.28. The van der Waals surface area contributed by atoms with Gasteiger partial charge >= 0.3 is 0 Å². The second-order valence-corrected chi connectivity index (χ2v) is 9.87. The van der Waals surface area contributed by atoms with E-state index in [1.807, 2.05) is 13.8 Å². The van der Waals surface area contributed by atoms with Gasteiger partial charge in [0.25, 0.3) is 0 Å². The molecule has 2 N–H and O–H groups in total. The van der Waals surface area contributed by atoms with E-state index in [9.17, 15) is 9.18 Å². The highest BCUT2D eigenvalue weighted by atomic mass is 32.1. The van der Waals surface area contributed by atoms with Crippen LogP contribution in [0.5, 0.6) is 0 Å². The molecule has 2 aromatic rings. The number of ketones is 1. The van der Waals surface area contributed by atoms with Crippen LogP contribution in [0.1, 0.15) is 65.9 Å². The molecule has 0 spiro atoms. The highest BCUT2D eigenvalue weighted by Gasteiger charge is 2.29. The van der Waals surface area contributed by atoms with Crippen molar-refractivity contribution in [3.63, 3.8) is 0 Å². The number of carbonyl (C=O) groups excluding carboxylic acids is 1. The number of benzene rings is 1. The van der Waals surface area contributed by atoms with Crippen molar-refractivity contribution in [2.24, 2.45) is 5.92 Å². The fourth-order valence-corrected chi connectivity index (χ4v) is 5.45. The first-order valence-corrected chi connectivity index (χ1v) is 12.1. The summed E-state index contributed by atoms with van der Waals surface area (Å²) in [7, 11) is 0. The first kappa shape index (κ1) is 21.6. The molecule has 30 heavy (non-hydrogen) atoms. The lowest BCUT2D eigenvalue weighted by atomic mass is 9.98. The SMILES string of the molecule is Cc1ccc(F)cc1-c1nc(C)c(C(=O)C(CCCC2CC2)NC2CCNCC2)s1. The normalized spacial score (nSPS) is 18.5. The Balaban J connectivity index is 1.53. The lowest BCUT2D eigenvalue weighted by molar-refractivity contribution is 0.0927. The minimum absolute atomic E-state index is 0.152. The van der Waals surface area contributed by atoms with E-state index < -0.39 is 0 Å². The first-order valence-electron chi connectivity index (χ1n) is 11.3. The van der Waals surface area contributed by atoms with Crippen LogP contribution in [0.25, 0.3) is 10.6 Å². The molecule has 1 aliphatic heterocycles. The van der Waals surface area contributed by atoms with Gasteiger partial charge in [0.2, 0.25) is 0 Å². The van der Waals surface area contributed by atoms with E-state index in [2.05, 4.69) is 15.6 Å². The highest BCUT2D eigenvalue weighted by Crippen LogP contribution is 2.35. The number of nitrogens with one attached hydrogen (secondary N) is 2. The summed E-state index contributed by atoms with van der Waals surface area (Å²) in [5.41, 5.74) is 2.50. The van der Waals surface area contributed by atoms with Crippen molar-refractivity contribution in [3.8, 4) is 10.6 Å². The molecule has 4 rings (SSSR count). The maximum atomic E-state index is 13.8. The van der Waals surface area contributed by atoms with E-state index in [1.165, 1.54) is 42.7 Å². The third-order valence-electron chi connectivity index (χ3n) is 6.35. The summed E-state index contributed by atoms with van der Waals surface area (Å²) < 4.78 is 13.8. The largest absolute Gasteiger partial charge is 0.317 e. The number of hydrogen-bond acceptors (Lipinski definition) is 5. The average Bonchev–Trinajstić information content (AvgIpc) is 3.49. The number of Topliss-reactive ketones (excluding diaryl/α,β-unsaturated/α-hetero) is 1. The Morgan fingerprint density at radius 3 is 2.77 bits per heavy atom. The Bertz CT molecular complexity index is 887. The average molecular weight is 430 g/mol. The quantitative estimate of drug-likeness (QED) is 0.549. The summed E-state index contributed by atoms with van der Waals surface area (Å²) in [5.74, 6) is 0.758. The molecule has 6 heteroatoms. The van der Waals surface area contributed by atoms with Crippen molar-refractivity contribution in [2.45, 2.75) is 70.9 Å². The van der Waals surface area contributed by atoms with Gasteiger partial charge in [0, 0.05) is 11.6 Å². The van der Waals surface area contributed by atoms with Crippen LogP contribution in [0.15, 0.2) is 18.2 Å². The standard InChI is InChI=1S/C24H32FN3OS/c1-15-6-9-18(25)14-20(15)24-27-16(2)23(30-24)22(29)21(5-3-4-17-7-8-17)28-19-10-12-26-13-11-19/h6,9,14,17,19,21,26,28H,3-5,7-8,10-13H2,1-2H3. The molecule has 1 aromatic heterocycles. The topological polar surface area (TPSA) is 54.0 Å². The monoisotopic (exact) mass is 429 g/mol. The number of aryl methyl sites for hydroxylation is 2. The zero-order valence-corrected chi connectivity index (χ0v) is 18.8. The minimum atomic E-state index is -0.276. The van der Waals surface area contributed by atoms with Gasteiger partial charge < -0.3 is 10.6 Å². The minimum Gasteiger partial charge on any atom is -0.317 e. The molecule has 2 aliphatic rings. The predicted octanol–water partition coefficient (Wildman–Crippen LogP) is 5.04. The number of piperidine rings is 1. The van der Waals surface area contributed by atoms with Crippen LogP contribution in [0.2, 0.25) is 0 Å². The summed E-state index contributed by atoms with van der Waals surface area (Å²) in [6.45, 7) is 5.85. The third kappa shape index (κ3) is 5.34. The molecule has 0 amide bonds. The summed E-state index contributed by atoms with van der Waals surface area (Å²) in [4.78, 5) is 18.9. The Morgan fingerprint density at radius 1 is 1.27 bits per heavy atom. The van der Waals surface area contributed by atoms with Crippen molar-refractivity contribution in [2.75, 3.05) is 13.1 Å². The van der Waals surface area contributed by atoms with E-state index in [4.69, 9.17) is 0 Å². The maximum absolute atomic E-state index is 13.8. The van der Waals surface area contributed by atoms with Crippen molar-refractivity contribution in [1.29, 1.82) is 0 Å². The highest BCUT2D eigenvalue weighted by molar-refractivity contribution is 7.17. The summed E-state index contributed by atoms with van der Waals surface area (Å²) >= 11 is 1.41. The number of halogens is 1. The van der Waals surface area contributed by atoms with Crippen molar-refractivity contribution in [3.05, 3.63) is 40.2 Å². The van der Waals surface area contributed by atoms with Crippen LogP contribution in [-0.4, -0.2) is 35.9 Å². The van der Waals surface area contributed by atoms with E-state index in [-0.39, 0.29) is 17.6 Å². The fraction of sp³-hybridized carbons (Fsp3) is 0.583. The zero-order valence-electron chi connectivity index (χ0n) is 18.0. The van der Waals surface area contributed by atoms with Gasteiger partial charge in [-0.1, -0.05) is 31.7 Å². The van der Waals surface area contributed by atoms with E-state index in [0.29, 0.717) is 10.9 Å². The Kier molecular flexibility index (Phi) is 6.96. The van der Waals surface area contributed by atoms with Crippen LogP contribution >= 0.6 is 11.3 Å². The Morgan fingerprint density at radius 2 is 2.03 bits per heavy atom. The van der Waals surface area contributed by atoms with Gasteiger partial charge in [-0.3, -0.25) is 4.79 Å². The van der Waals surface area contributed by atoms with Crippen LogP contribution in [0, 0.1) is 25.6 Å². The number of nitrogens with zero attached hydrogens (tertiary/aromatic N) is 1. The molecule has 4 nitrogen and oxygen atoms in total. The third-order valence-corrected chi connectivity index (χ3v) is 7.55. The van der Waals surface area contributed by atoms with Gasteiger partial charge in [-0.05, 0) is 69.8 Å². The van der Waals surface area contributed by atoms with Crippen molar-refractivity contribution < 1.29 is 9.18 Å². The molecule has 1 saturated heterocycles. The second-order valence-electron chi connectivity index (χ2n) is 8.87. The first-order chi connectivity index (χ1) is 14.5. The molecule has 0 radical (unpaired) electrons. The molecule has 1 atom stereocenters. The van der Waals surface area contributed by atoms with Gasteiger partial charge in [0.1, 0.15) is 10.8 Å². The number of carbonyl (C=O) groups is 1. The van der Waals surface area contributed by atoms with Gasteiger partial charge in [0.05, 0.1) is 16.6 Å². The Labute approximate surface area is 182 Å². The molecule has 0 bridgehead atoms. The van der Waals surface area contributed by atoms with Gasteiger partial charge in [-0.2, -0.15) is 0 Å². The fourth-order valence-electron chi connectivity index (χ4n) is 4.30. The molecule has 2 heterocycles. The zero-order chi connectivity index (χ0) is 21.1. The number of thiazole rings is 1. The van der Waals surface area contributed by atoms with Crippen molar-refractivity contribution in [1.82, 2.24) is 15.6 Å². The predicted molar refractivity (Wildman–Crippen MR) is 121 cm³/mol. The van der Waals surface area contributed by atoms with E-state index >= 15 is 0 Å². The maximum Gasteiger partial charge on any atom is 0.191 e. The molecule has 1 aromatic carbocycles.